The third kappa shape index (κ3) is 4.63. The van der Waals surface area contributed by atoms with Gasteiger partial charge in [-0.2, -0.15) is 11.8 Å². The van der Waals surface area contributed by atoms with Crippen LogP contribution in [0.2, 0.25) is 0 Å². The summed E-state index contributed by atoms with van der Waals surface area (Å²) in [5.74, 6) is 2.94. The molecule has 2 aliphatic heterocycles. The molecule has 0 N–H and O–H groups in total. The quantitative estimate of drug-likeness (QED) is 0.800. The van der Waals surface area contributed by atoms with Gasteiger partial charge in [-0.3, -0.25) is 9.59 Å². The SMILES string of the molecule is CC(C)CC(C(=O)N1CCCSCC1)N1CCCCC1=O. The number of thioether (sulfide) groups is 1. The van der Waals surface area contributed by atoms with E-state index < -0.39 is 0 Å². The number of carbonyl (C=O) groups excluding carboxylic acids is 2. The van der Waals surface area contributed by atoms with Gasteiger partial charge in [-0.25, -0.2) is 0 Å². The van der Waals surface area contributed by atoms with Gasteiger partial charge in [-0.05, 0) is 37.4 Å². The first-order valence-corrected chi connectivity index (χ1v) is 9.41. The largest absolute Gasteiger partial charge is 0.340 e. The summed E-state index contributed by atoms with van der Waals surface area (Å²) in [4.78, 5) is 29.0. The topological polar surface area (TPSA) is 40.6 Å². The Balaban J connectivity index is 2.09. The number of rotatable bonds is 4. The van der Waals surface area contributed by atoms with Crippen molar-refractivity contribution >= 4 is 23.6 Å². The van der Waals surface area contributed by atoms with Gasteiger partial charge in [0.1, 0.15) is 6.04 Å². The van der Waals surface area contributed by atoms with Crippen LogP contribution >= 0.6 is 11.8 Å². The van der Waals surface area contributed by atoms with Crippen molar-refractivity contribution in [1.29, 1.82) is 0 Å². The highest BCUT2D eigenvalue weighted by Crippen LogP contribution is 2.22. The molecule has 2 rings (SSSR count). The molecule has 2 heterocycles. The Hall–Kier alpha value is -0.710. The van der Waals surface area contributed by atoms with E-state index in [1.165, 1.54) is 0 Å². The van der Waals surface area contributed by atoms with Crippen molar-refractivity contribution in [2.45, 2.75) is 52.0 Å². The van der Waals surface area contributed by atoms with Crippen LogP contribution in [0.4, 0.5) is 0 Å². The van der Waals surface area contributed by atoms with Crippen molar-refractivity contribution in [2.75, 3.05) is 31.1 Å². The second-order valence-electron chi connectivity index (χ2n) is 6.48. The predicted octanol–water partition coefficient (Wildman–Crippen LogP) is 2.38. The maximum Gasteiger partial charge on any atom is 0.245 e. The monoisotopic (exact) mass is 312 g/mol. The summed E-state index contributed by atoms with van der Waals surface area (Å²) in [6.07, 6.45) is 4.46. The van der Waals surface area contributed by atoms with E-state index in [-0.39, 0.29) is 17.9 Å². The molecule has 0 radical (unpaired) electrons. The second kappa shape index (κ2) is 8.06. The van der Waals surface area contributed by atoms with Crippen molar-refractivity contribution in [3.8, 4) is 0 Å². The average Bonchev–Trinajstić information content (AvgIpc) is 2.74. The van der Waals surface area contributed by atoms with Gasteiger partial charge in [0.15, 0.2) is 0 Å². The Bertz CT molecular complexity index is 365. The molecule has 21 heavy (non-hydrogen) atoms. The van der Waals surface area contributed by atoms with Crippen molar-refractivity contribution in [3.05, 3.63) is 0 Å². The summed E-state index contributed by atoms with van der Waals surface area (Å²) in [5, 5.41) is 0. The summed E-state index contributed by atoms with van der Waals surface area (Å²) >= 11 is 1.92. The third-order valence-electron chi connectivity index (χ3n) is 4.25. The highest BCUT2D eigenvalue weighted by atomic mass is 32.2. The Kier molecular flexibility index (Phi) is 6.40. The molecule has 1 atom stereocenters. The molecule has 2 aliphatic rings. The lowest BCUT2D eigenvalue weighted by atomic mass is 9.98. The second-order valence-corrected chi connectivity index (χ2v) is 7.71. The van der Waals surface area contributed by atoms with E-state index >= 15 is 0 Å². The summed E-state index contributed by atoms with van der Waals surface area (Å²) in [6.45, 7) is 6.70. The van der Waals surface area contributed by atoms with Gasteiger partial charge in [0.25, 0.3) is 0 Å². The molecule has 0 saturated carbocycles. The van der Waals surface area contributed by atoms with Gasteiger partial charge in [0.05, 0.1) is 0 Å². The van der Waals surface area contributed by atoms with Crippen LogP contribution in [0, 0.1) is 5.92 Å². The fourth-order valence-electron chi connectivity index (χ4n) is 3.14. The molecular formula is C16H28N2O2S. The minimum absolute atomic E-state index is 0.171. The lowest BCUT2D eigenvalue weighted by molar-refractivity contribution is -0.148. The zero-order valence-corrected chi connectivity index (χ0v) is 14.2. The standard InChI is InChI=1S/C16H28N2O2S/c1-13(2)12-14(18-8-4-3-6-15(18)19)16(20)17-7-5-10-21-11-9-17/h13-14H,3-12H2,1-2H3. The molecule has 0 aromatic carbocycles. The summed E-state index contributed by atoms with van der Waals surface area (Å²) in [5.41, 5.74) is 0. The lowest BCUT2D eigenvalue weighted by Gasteiger charge is -2.37. The molecule has 1 unspecified atom stereocenters. The molecule has 0 aromatic heterocycles. The van der Waals surface area contributed by atoms with Crippen LogP contribution in [-0.2, 0) is 9.59 Å². The number of carbonyl (C=O) groups is 2. The van der Waals surface area contributed by atoms with Crippen molar-refractivity contribution in [1.82, 2.24) is 9.80 Å². The summed E-state index contributed by atoms with van der Waals surface area (Å²) < 4.78 is 0. The zero-order valence-electron chi connectivity index (χ0n) is 13.3. The minimum Gasteiger partial charge on any atom is -0.340 e. The molecule has 120 valence electrons. The molecule has 2 amide bonds. The van der Waals surface area contributed by atoms with Gasteiger partial charge in [-0.15, -0.1) is 0 Å². The molecule has 5 heteroatoms. The van der Waals surface area contributed by atoms with Crippen LogP contribution in [-0.4, -0.2) is 58.8 Å². The Morgan fingerprint density at radius 2 is 1.95 bits per heavy atom. The highest BCUT2D eigenvalue weighted by molar-refractivity contribution is 7.99. The van der Waals surface area contributed by atoms with Gasteiger partial charge >= 0.3 is 0 Å². The molecule has 0 aliphatic carbocycles. The zero-order chi connectivity index (χ0) is 15.2. The summed E-state index contributed by atoms with van der Waals surface area (Å²) in [7, 11) is 0. The fourth-order valence-corrected chi connectivity index (χ4v) is 4.03. The molecule has 0 bridgehead atoms. The Labute approximate surface area is 132 Å². The average molecular weight is 312 g/mol. The first-order chi connectivity index (χ1) is 10.1. The smallest absolute Gasteiger partial charge is 0.245 e. The summed E-state index contributed by atoms with van der Waals surface area (Å²) in [6, 6.07) is -0.235. The van der Waals surface area contributed by atoms with Crippen LogP contribution in [0.1, 0.15) is 46.0 Å². The lowest BCUT2D eigenvalue weighted by Crippen LogP contribution is -2.53. The van der Waals surface area contributed by atoms with E-state index in [1.54, 1.807) is 0 Å². The number of hydrogen-bond acceptors (Lipinski definition) is 3. The van der Waals surface area contributed by atoms with E-state index in [9.17, 15) is 9.59 Å². The third-order valence-corrected chi connectivity index (χ3v) is 5.30. The number of likely N-dealkylation sites (tertiary alicyclic amines) is 1. The van der Waals surface area contributed by atoms with Crippen molar-refractivity contribution in [2.24, 2.45) is 5.92 Å². The minimum atomic E-state index is -0.235. The first kappa shape index (κ1) is 16.7. The van der Waals surface area contributed by atoms with Crippen LogP contribution in [0.3, 0.4) is 0 Å². The normalized spacial score (nSPS) is 22.3. The molecular weight excluding hydrogens is 284 g/mol. The van der Waals surface area contributed by atoms with E-state index in [4.69, 9.17) is 0 Å². The number of piperidine rings is 1. The molecule has 4 nitrogen and oxygen atoms in total. The van der Waals surface area contributed by atoms with Gasteiger partial charge in [0.2, 0.25) is 11.8 Å². The van der Waals surface area contributed by atoms with Crippen molar-refractivity contribution in [3.63, 3.8) is 0 Å². The van der Waals surface area contributed by atoms with Gasteiger partial charge < -0.3 is 9.80 Å². The Morgan fingerprint density at radius 1 is 1.14 bits per heavy atom. The number of nitrogens with zero attached hydrogens (tertiary/aromatic N) is 2. The van der Waals surface area contributed by atoms with E-state index in [0.29, 0.717) is 12.3 Å². The van der Waals surface area contributed by atoms with Crippen LogP contribution in [0.25, 0.3) is 0 Å². The maximum atomic E-state index is 13.0. The Morgan fingerprint density at radius 3 is 2.67 bits per heavy atom. The maximum absolute atomic E-state index is 13.0. The van der Waals surface area contributed by atoms with E-state index in [0.717, 1.165) is 56.8 Å². The molecule has 2 fully saturated rings. The van der Waals surface area contributed by atoms with Gasteiger partial charge in [-0.1, -0.05) is 13.8 Å². The molecule has 0 aromatic rings. The number of amides is 2. The van der Waals surface area contributed by atoms with Crippen LogP contribution in [0.15, 0.2) is 0 Å². The molecule has 0 spiro atoms. The van der Waals surface area contributed by atoms with E-state index in [1.807, 2.05) is 21.6 Å². The first-order valence-electron chi connectivity index (χ1n) is 8.25. The van der Waals surface area contributed by atoms with E-state index in [2.05, 4.69) is 13.8 Å². The highest BCUT2D eigenvalue weighted by Gasteiger charge is 2.34. The number of hydrogen-bond donors (Lipinski definition) is 0. The van der Waals surface area contributed by atoms with Crippen LogP contribution < -0.4 is 0 Å². The predicted molar refractivity (Wildman–Crippen MR) is 87.3 cm³/mol. The fraction of sp³-hybridized carbons (Fsp3) is 0.875. The van der Waals surface area contributed by atoms with Crippen molar-refractivity contribution < 1.29 is 9.59 Å². The van der Waals surface area contributed by atoms with Gasteiger partial charge in [0, 0.05) is 31.8 Å². The van der Waals surface area contributed by atoms with Crippen LogP contribution in [0.5, 0.6) is 0 Å². The molecule has 2 saturated heterocycles.